The molecule has 2 aromatic carbocycles. The summed E-state index contributed by atoms with van der Waals surface area (Å²) in [5.41, 5.74) is 4.81. The Morgan fingerprint density at radius 3 is 2.47 bits per heavy atom. The molecule has 0 unspecified atom stereocenters. The van der Waals surface area contributed by atoms with E-state index in [0.29, 0.717) is 11.4 Å². The van der Waals surface area contributed by atoms with Crippen molar-refractivity contribution in [3.63, 3.8) is 0 Å². The predicted molar refractivity (Wildman–Crippen MR) is 144 cm³/mol. The van der Waals surface area contributed by atoms with Gasteiger partial charge in [0, 0.05) is 22.9 Å². The van der Waals surface area contributed by atoms with Crippen LogP contribution in [-0.4, -0.2) is 36.1 Å². The van der Waals surface area contributed by atoms with Crippen LogP contribution in [0.5, 0.6) is 0 Å². The van der Waals surface area contributed by atoms with Crippen LogP contribution in [0.1, 0.15) is 62.6 Å². The van der Waals surface area contributed by atoms with Gasteiger partial charge in [-0.2, -0.15) is 0 Å². The van der Waals surface area contributed by atoms with Crippen LogP contribution in [-0.2, 0) is 9.59 Å². The number of ketones is 1. The van der Waals surface area contributed by atoms with Gasteiger partial charge in [-0.25, -0.2) is 4.79 Å². The number of benzodiazepines with no additional fused rings is 1. The molecule has 2 aliphatic rings. The van der Waals surface area contributed by atoms with Crippen molar-refractivity contribution >= 4 is 34.8 Å². The second kappa shape index (κ2) is 11.1. The van der Waals surface area contributed by atoms with E-state index < -0.39 is 18.1 Å². The first-order valence-corrected chi connectivity index (χ1v) is 12.9. The summed E-state index contributed by atoms with van der Waals surface area (Å²) < 4.78 is 0. The summed E-state index contributed by atoms with van der Waals surface area (Å²) in [6.07, 6.45) is 3.85. The van der Waals surface area contributed by atoms with E-state index in [-0.39, 0.29) is 24.2 Å². The Labute approximate surface area is 213 Å². The zero-order valence-corrected chi connectivity index (χ0v) is 21.6. The van der Waals surface area contributed by atoms with Gasteiger partial charge < -0.3 is 15.5 Å². The third kappa shape index (κ3) is 5.66. The standard InChI is InChI=1S/C29H36N4O3/c1-18(2)25-23-15-9-11-20(4)26(23)33(17-24(34)21-12-6-5-7-13-21)28(35)27(31-25)32-29(36)30-22-14-8-10-19(3)16-22/h8-11,14-16,18,21,27H,5-7,12-13,17H2,1-4H3,(H2,30,32,36)/t27-/m0/s1. The van der Waals surface area contributed by atoms with Crippen molar-refractivity contribution in [2.45, 2.75) is 66.0 Å². The lowest BCUT2D eigenvalue weighted by Gasteiger charge is -2.29. The van der Waals surface area contributed by atoms with Crippen LogP contribution in [0.25, 0.3) is 0 Å². The highest BCUT2D eigenvalue weighted by atomic mass is 16.2. The van der Waals surface area contributed by atoms with Gasteiger partial charge in [0.1, 0.15) is 0 Å². The fourth-order valence-electron chi connectivity index (χ4n) is 5.18. The van der Waals surface area contributed by atoms with E-state index in [0.717, 1.165) is 54.5 Å². The molecule has 1 aliphatic heterocycles. The Kier molecular flexibility index (Phi) is 7.87. The molecule has 2 N–H and O–H groups in total. The Balaban J connectivity index is 1.67. The molecule has 0 spiro atoms. The monoisotopic (exact) mass is 488 g/mol. The van der Waals surface area contributed by atoms with Crippen molar-refractivity contribution in [1.29, 1.82) is 0 Å². The zero-order chi connectivity index (χ0) is 25.8. The number of amides is 3. The maximum atomic E-state index is 13.9. The fourth-order valence-corrected chi connectivity index (χ4v) is 5.18. The van der Waals surface area contributed by atoms with E-state index in [4.69, 9.17) is 4.99 Å². The van der Waals surface area contributed by atoms with Gasteiger partial charge in [-0.3, -0.25) is 14.6 Å². The molecule has 7 nitrogen and oxygen atoms in total. The first kappa shape index (κ1) is 25.6. The number of benzene rings is 2. The largest absolute Gasteiger partial charge is 0.321 e. The number of anilines is 2. The highest BCUT2D eigenvalue weighted by Gasteiger charge is 2.36. The van der Waals surface area contributed by atoms with E-state index in [2.05, 4.69) is 10.6 Å². The number of rotatable bonds is 6. The number of para-hydroxylation sites is 1. The van der Waals surface area contributed by atoms with Crippen molar-refractivity contribution in [2.75, 3.05) is 16.8 Å². The summed E-state index contributed by atoms with van der Waals surface area (Å²) >= 11 is 0. The average molecular weight is 489 g/mol. The number of urea groups is 1. The first-order chi connectivity index (χ1) is 17.2. The molecule has 4 rings (SSSR count). The van der Waals surface area contributed by atoms with Gasteiger partial charge in [-0.05, 0) is 55.9 Å². The van der Waals surface area contributed by atoms with Crippen LogP contribution in [0.4, 0.5) is 16.2 Å². The highest BCUT2D eigenvalue weighted by Crippen LogP contribution is 2.33. The minimum absolute atomic E-state index is 0.0106. The van der Waals surface area contributed by atoms with Gasteiger partial charge in [0.2, 0.25) is 6.17 Å². The molecule has 1 heterocycles. The number of aryl methyl sites for hydroxylation is 2. The number of nitrogens with one attached hydrogen (secondary N) is 2. The van der Waals surface area contributed by atoms with Gasteiger partial charge in [0.25, 0.3) is 5.91 Å². The SMILES string of the molecule is Cc1cccc(NC(=O)N[C@@H]2N=C(C(C)C)c3cccc(C)c3N(CC(=O)C3CCCCC3)C2=O)c1. The highest BCUT2D eigenvalue weighted by molar-refractivity contribution is 6.16. The summed E-state index contributed by atoms with van der Waals surface area (Å²) in [5.74, 6) is -0.335. The van der Waals surface area contributed by atoms with Crippen molar-refractivity contribution < 1.29 is 14.4 Å². The van der Waals surface area contributed by atoms with Gasteiger partial charge in [-0.1, -0.05) is 63.4 Å². The number of fused-ring (bicyclic) bond motifs is 1. The summed E-state index contributed by atoms with van der Waals surface area (Å²) in [7, 11) is 0. The van der Waals surface area contributed by atoms with E-state index in [1.807, 2.05) is 64.1 Å². The summed E-state index contributed by atoms with van der Waals surface area (Å²) in [6.45, 7) is 7.91. The van der Waals surface area contributed by atoms with Crippen molar-refractivity contribution in [2.24, 2.45) is 16.8 Å². The van der Waals surface area contributed by atoms with E-state index in [1.165, 1.54) is 0 Å². The molecular weight excluding hydrogens is 452 g/mol. The van der Waals surface area contributed by atoms with Crippen LogP contribution >= 0.6 is 0 Å². The lowest BCUT2D eigenvalue weighted by molar-refractivity contribution is -0.126. The molecule has 3 amide bonds. The molecule has 1 saturated carbocycles. The smallest absolute Gasteiger partial charge is 0.308 e. The van der Waals surface area contributed by atoms with Gasteiger partial charge in [0.15, 0.2) is 5.78 Å². The summed E-state index contributed by atoms with van der Waals surface area (Å²) in [6, 6.07) is 12.8. The Bertz CT molecular complexity index is 1180. The number of carbonyl (C=O) groups excluding carboxylic acids is 3. The molecule has 1 fully saturated rings. The maximum Gasteiger partial charge on any atom is 0.321 e. The normalized spacial score (nSPS) is 18.4. The van der Waals surface area contributed by atoms with Crippen molar-refractivity contribution in [3.8, 4) is 0 Å². The quantitative estimate of drug-likeness (QED) is 0.571. The Morgan fingerprint density at radius 1 is 1.06 bits per heavy atom. The molecule has 1 atom stereocenters. The van der Waals surface area contributed by atoms with Gasteiger partial charge >= 0.3 is 6.03 Å². The van der Waals surface area contributed by atoms with Crippen molar-refractivity contribution in [3.05, 3.63) is 59.2 Å². The number of aliphatic imine (C=N–C) groups is 1. The van der Waals surface area contributed by atoms with Crippen LogP contribution in [0, 0.1) is 25.7 Å². The minimum atomic E-state index is -1.14. The second-order valence-electron chi connectivity index (χ2n) is 10.2. The second-order valence-corrected chi connectivity index (χ2v) is 10.2. The van der Waals surface area contributed by atoms with Crippen LogP contribution in [0.3, 0.4) is 0 Å². The topological polar surface area (TPSA) is 90.9 Å². The molecule has 36 heavy (non-hydrogen) atoms. The number of Topliss-reactive ketones (excluding diaryl/α,β-unsaturated/α-hetero) is 1. The molecule has 2 aromatic rings. The van der Waals surface area contributed by atoms with Crippen LogP contribution in [0.15, 0.2) is 47.5 Å². The van der Waals surface area contributed by atoms with Crippen LogP contribution in [0.2, 0.25) is 0 Å². The first-order valence-electron chi connectivity index (χ1n) is 12.9. The molecule has 190 valence electrons. The maximum absolute atomic E-state index is 13.9. The molecule has 1 aliphatic carbocycles. The molecule has 0 aromatic heterocycles. The fraction of sp³-hybridized carbons (Fsp3) is 0.448. The van der Waals surface area contributed by atoms with E-state index in [9.17, 15) is 14.4 Å². The number of nitrogens with zero attached hydrogens (tertiary/aromatic N) is 2. The third-order valence-electron chi connectivity index (χ3n) is 7.02. The van der Waals surface area contributed by atoms with Gasteiger partial charge in [-0.15, -0.1) is 0 Å². The Morgan fingerprint density at radius 2 is 1.78 bits per heavy atom. The molecule has 0 radical (unpaired) electrons. The number of hydrogen-bond donors (Lipinski definition) is 2. The zero-order valence-electron chi connectivity index (χ0n) is 21.6. The molecule has 7 heteroatoms. The van der Waals surface area contributed by atoms with Crippen LogP contribution < -0.4 is 15.5 Å². The predicted octanol–water partition coefficient (Wildman–Crippen LogP) is 5.39. The van der Waals surface area contributed by atoms with E-state index >= 15 is 0 Å². The molecule has 0 bridgehead atoms. The molecule has 0 saturated heterocycles. The third-order valence-corrected chi connectivity index (χ3v) is 7.02. The summed E-state index contributed by atoms with van der Waals surface area (Å²) in [5, 5.41) is 5.56. The average Bonchev–Trinajstić information content (AvgIpc) is 2.95. The van der Waals surface area contributed by atoms with Crippen molar-refractivity contribution in [1.82, 2.24) is 5.32 Å². The van der Waals surface area contributed by atoms with Gasteiger partial charge in [0.05, 0.1) is 12.2 Å². The summed E-state index contributed by atoms with van der Waals surface area (Å²) in [4.78, 5) is 46.5. The Hall–Kier alpha value is -3.48. The van der Waals surface area contributed by atoms with E-state index in [1.54, 1.807) is 11.0 Å². The lowest BCUT2D eigenvalue weighted by atomic mass is 9.86. The molecular formula is C29H36N4O3. The lowest BCUT2D eigenvalue weighted by Crippen LogP contribution is -2.50. The minimum Gasteiger partial charge on any atom is -0.308 e. The number of hydrogen-bond acceptors (Lipinski definition) is 4. The number of carbonyl (C=O) groups is 3.